The van der Waals surface area contributed by atoms with Crippen molar-refractivity contribution in [3.05, 3.63) is 23.5 Å². The summed E-state index contributed by atoms with van der Waals surface area (Å²) in [6.45, 7) is 1.85. The molecule has 1 atom stereocenters. The molecule has 2 aromatic heterocycles. The monoisotopic (exact) mass is 320 g/mol. The first-order valence-corrected chi connectivity index (χ1v) is 8.01. The van der Waals surface area contributed by atoms with Gasteiger partial charge in [0.2, 0.25) is 0 Å². The van der Waals surface area contributed by atoms with Crippen molar-refractivity contribution in [1.29, 1.82) is 0 Å². The number of thioether (sulfide) groups is 1. The van der Waals surface area contributed by atoms with Gasteiger partial charge in [0.1, 0.15) is 5.54 Å². The summed E-state index contributed by atoms with van der Waals surface area (Å²) >= 11 is 1.53. The maximum atomic E-state index is 12.4. The van der Waals surface area contributed by atoms with Crippen molar-refractivity contribution >= 4 is 34.7 Å². The highest BCUT2D eigenvalue weighted by Crippen LogP contribution is 2.28. The Morgan fingerprint density at radius 3 is 2.91 bits per heavy atom. The van der Waals surface area contributed by atoms with E-state index in [1.54, 1.807) is 17.8 Å². The minimum atomic E-state index is -1.18. The maximum absolute atomic E-state index is 12.4. The number of nitrogens with one attached hydrogen (secondary N) is 1. The minimum Gasteiger partial charge on any atom is -0.479 e. The zero-order valence-electron chi connectivity index (χ0n) is 12.3. The molecule has 22 heavy (non-hydrogen) atoms. The van der Waals surface area contributed by atoms with E-state index in [-0.39, 0.29) is 0 Å². The van der Waals surface area contributed by atoms with Crippen molar-refractivity contribution in [2.24, 2.45) is 7.05 Å². The van der Waals surface area contributed by atoms with Crippen LogP contribution in [0, 0.1) is 6.92 Å². The van der Waals surface area contributed by atoms with Crippen LogP contribution >= 0.6 is 11.8 Å². The number of aromatic nitrogens is 3. The number of carbonyl (C=O) groups excluding carboxylic acids is 1. The Hall–Kier alpha value is -2.09. The van der Waals surface area contributed by atoms with Gasteiger partial charge in [0.15, 0.2) is 5.65 Å². The number of rotatable bonds is 3. The molecule has 1 fully saturated rings. The van der Waals surface area contributed by atoms with Crippen LogP contribution in [-0.2, 0) is 11.8 Å². The van der Waals surface area contributed by atoms with Crippen LogP contribution in [0.15, 0.2) is 12.3 Å². The molecule has 0 aliphatic carbocycles. The van der Waals surface area contributed by atoms with E-state index in [1.165, 1.54) is 18.0 Å². The minimum absolute atomic E-state index is 0.348. The molecule has 0 bridgehead atoms. The highest BCUT2D eigenvalue weighted by atomic mass is 32.2. The van der Waals surface area contributed by atoms with E-state index < -0.39 is 17.4 Å². The molecule has 1 amide bonds. The van der Waals surface area contributed by atoms with Crippen molar-refractivity contribution in [2.45, 2.75) is 18.9 Å². The Bertz CT molecular complexity index is 765. The Morgan fingerprint density at radius 1 is 1.50 bits per heavy atom. The highest BCUT2D eigenvalue weighted by molar-refractivity contribution is 7.99. The molecule has 3 rings (SSSR count). The highest BCUT2D eigenvalue weighted by Gasteiger charge is 2.43. The van der Waals surface area contributed by atoms with Crippen LogP contribution in [0.1, 0.15) is 22.5 Å². The number of carbonyl (C=O) groups is 2. The summed E-state index contributed by atoms with van der Waals surface area (Å²) < 4.78 is 1.65. The lowest BCUT2D eigenvalue weighted by Crippen LogP contribution is -2.54. The Kier molecular flexibility index (Phi) is 3.56. The van der Waals surface area contributed by atoms with Crippen molar-refractivity contribution in [3.63, 3.8) is 0 Å². The number of fused-ring (bicyclic) bond motifs is 1. The number of nitrogens with zero attached hydrogens (tertiary/aromatic N) is 3. The third kappa shape index (κ3) is 2.33. The van der Waals surface area contributed by atoms with Gasteiger partial charge >= 0.3 is 5.97 Å². The maximum Gasteiger partial charge on any atom is 0.330 e. The van der Waals surface area contributed by atoms with E-state index in [0.717, 1.165) is 16.8 Å². The molecule has 1 saturated heterocycles. The van der Waals surface area contributed by atoms with Crippen molar-refractivity contribution in [3.8, 4) is 0 Å². The van der Waals surface area contributed by atoms with Crippen LogP contribution in [0.2, 0.25) is 0 Å². The average molecular weight is 320 g/mol. The molecule has 0 aromatic carbocycles. The van der Waals surface area contributed by atoms with Crippen molar-refractivity contribution in [1.82, 2.24) is 20.1 Å². The van der Waals surface area contributed by atoms with Crippen LogP contribution in [0.5, 0.6) is 0 Å². The molecule has 1 aliphatic rings. The van der Waals surface area contributed by atoms with E-state index in [9.17, 15) is 14.7 Å². The Balaban J connectivity index is 1.92. The second-order valence-corrected chi connectivity index (χ2v) is 6.55. The van der Waals surface area contributed by atoms with Gasteiger partial charge < -0.3 is 10.4 Å². The van der Waals surface area contributed by atoms with Crippen LogP contribution in [0.3, 0.4) is 0 Å². The molecule has 2 aromatic rings. The van der Waals surface area contributed by atoms with E-state index in [4.69, 9.17) is 0 Å². The van der Waals surface area contributed by atoms with E-state index in [0.29, 0.717) is 23.4 Å². The quantitative estimate of drug-likeness (QED) is 0.874. The molecule has 0 radical (unpaired) electrons. The van der Waals surface area contributed by atoms with Gasteiger partial charge in [0.05, 0.1) is 11.3 Å². The van der Waals surface area contributed by atoms with Gasteiger partial charge in [-0.15, -0.1) is 0 Å². The van der Waals surface area contributed by atoms with Crippen LogP contribution in [-0.4, -0.2) is 48.8 Å². The number of aliphatic carboxylic acids is 1. The molecule has 0 saturated carbocycles. The first-order chi connectivity index (χ1) is 10.4. The van der Waals surface area contributed by atoms with Gasteiger partial charge in [-0.3, -0.25) is 9.48 Å². The lowest BCUT2D eigenvalue weighted by molar-refractivity contribution is -0.143. The smallest absolute Gasteiger partial charge is 0.330 e. The third-order valence-corrected chi connectivity index (χ3v) is 5.10. The predicted octanol–water partition coefficient (Wildman–Crippen LogP) is 0.967. The second kappa shape index (κ2) is 5.28. The van der Waals surface area contributed by atoms with Gasteiger partial charge in [-0.2, -0.15) is 16.9 Å². The molecular formula is C14H16N4O3S. The first kappa shape index (κ1) is 14.8. The molecule has 1 aliphatic heterocycles. The van der Waals surface area contributed by atoms with Crippen molar-refractivity contribution in [2.75, 3.05) is 11.5 Å². The fourth-order valence-corrected chi connectivity index (χ4v) is 3.93. The summed E-state index contributed by atoms with van der Waals surface area (Å²) in [4.78, 5) is 28.2. The summed E-state index contributed by atoms with van der Waals surface area (Å²) in [6, 6.07) is 1.71. The molecule has 2 N–H and O–H groups in total. The van der Waals surface area contributed by atoms with Crippen LogP contribution < -0.4 is 5.32 Å². The van der Waals surface area contributed by atoms with Gasteiger partial charge in [-0.1, -0.05) is 0 Å². The fraction of sp³-hybridized carbons (Fsp3) is 0.429. The number of pyridine rings is 1. The summed E-state index contributed by atoms with van der Waals surface area (Å²) in [5.74, 6) is -0.290. The zero-order valence-corrected chi connectivity index (χ0v) is 13.1. The number of amides is 1. The number of hydrogen-bond donors (Lipinski definition) is 2. The summed E-state index contributed by atoms with van der Waals surface area (Å²) in [5, 5.41) is 17.1. The van der Waals surface area contributed by atoms with Crippen LogP contribution in [0.4, 0.5) is 0 Å². The summed E-state index contributed by atoms with van der Waals surface area (Å²) in [7, 11) is 1.79. The lowest BCUT2D eigenvalue weighted by Gasteiger charge is -2.24. The lowest BCUT2D eigenvalue weighted by atomic mass is 9.98. The molecule has 1 unspecified atom stereocenters. The predicted molar refractivity (Wildman–Crippen MR) is 83.0 cm³/mol. The second-order valence-electron chi connectivity index (χ2n) is 5.45. The SMILES string of the molecule is Cc1nn(C)c2ncc(C(=O)NC3(C(=O)O)CCSC3)cc12. The van der Waals surface area contributed by atoms with E-state index in [1.807, 2.05) is 6.92 Å². The topological polar surface area (TPSA) is 97.1 Å². The summed E-state index contributed by atoms with van der Waals surface area (Å²) in [5.41, 5.74) is 0.643. The third-order valence-electron chi connectivity index (χ3n) is 3.91. The fourth-order valence-electron chi connectivity index (χ4n) is 2.61. The Morgan fingerprint density at radius 2 is 2.27 bits per heavy atom. The first-order valence-electron chi connectivity index (χ1n) is 6.86. The zero-order chi connectivity index (χ0) is 15.9. The van der Waals surface area contributed by atoms with Gasteiger partial charge in [-0.25, -0.2) is 9.78 Å². The number of carboxylic acids is 1. The molecule has 116 valence electrons. The number of carboxylic acid groups (broad SMARTS) is 1. The van der Waals surface area contributed by atoms with E-state index in [2.05, 4.69) is 15.4 Å². The van der Waals surface area contributed by atoms with Gasteiger partial charge in [0, 0.05) is 24.4 Å². The largest absolute Gasteiger partial charge is 0.479 e. The molecule has 0 spiro atoms. The van der Waals surface area contributed by atoms with Gasteiger partial charge in [-0.05, 0) is 25.2 Å². The molecule has 8 heteroatoms. The van der Waals surface area contributed by atoms with Crippen LogP contribution in [0.25, 0.3) is 11.0 Å². The van der Waals surface area contributed by atoms with Gasteiger partial charge in [0.25, 0.3) is 5.91 Å². The Labute approximate surface area is 131 Å². The van der Waals surface area contributed by atoms with Crippen molar-refractivity contribution < 1.29 is 14.7 Å². The standard InChI is InChI=1S/C14H16N4O3S/c1-8-10-5-9(6-15-11(10)18(2)17-8)12(19)16-14(13(20)21)3-4-22-7-14/h5-6H,3-4,7H2,1-2H3,(H,16,19)(H,20,21). The molecule has 7 nitrogen and oxygen atoms in total. The number of hydrogen-bond acceptors (Lipinski definition) is 5. The molecule has 3 heterocycles. The number of aryl methyl sites for hydroxylation is 2. The normalized spacial score (nSPS) is 21.2. The average Bonchev–Trinajstić information content (AvgIpc) is 3.06. The molecular weight excluding hydrogens is 304 g/mol. The van der Waals surface area contributed by atoms with E-state index >= 15 is 0 Å². The summed E-state index contributed by atoms with van der Waals surface area (Å²) in [6.07, 6.45) is 1.89.